The minimum atomic E-state index is -0.302. The van der Waals surface area contributed by atoms with E-state index in [1.54, 1.807) is 13.2 Å². The number of nitrogens with one attached hydrogen (secondary N) is 1. The third-order valence-corrected chi connectivity index (χ3v) is 4.93. The van der Waals surface area contributed by atoms with Crippen LogP contribution in [-0.2, 0) is 4.79 Å². The van der Waals surface area contributed by atoms with E-state index in [9.17, 15) is 10.1 Å². The second kappa shape index (κ2) is 8.09. The monoisotopic (exact) mass is 352 g/mol. The predicted molar refractivity (Wildman–Crippen MR) is 99.8 cm³/mol. The maximum absolute atomic E-state index is 12.5. The van der Waals surface area contributed by atoms with Gasteiger partial charge in [-0.25, -0.2) is 0 Å². The quantitative estimate of drug-likeness (QED) is 0.661. The number of nitriles is 1. The zero-order valence-corrected chi connectivity index (χ0v) is 15.2. The molecule has 136 valence electrons. The Kier molecular flexibility index (Phi) is 5.62. The lowest BCUT2D eigenvalue weighted by molar-refractivity contribution is -0.118. The van der Waals surface area contributed by atoms with Crippen molar-refractivity contribution in [3.63, 3.8) is 0 Å². The summed E-state index contributed by atoms with van der Waals surface area (Å²) in [5, 5.41) is 12.4. The summed E-state index contributed by atoms with van der Waals surface area (Å²) in [5.41, 5.74) is 1.78. The Bertz CT molecular complexity index is 783. The molecule has 5 heteroatoms. The molecule has 1 saturated carbocycles. The topological polar surface area (TPSA) is 71.3 Å². The second-order valence-electron chi connectivity index (χ2n) is 6.76. The predicted octanol–water partition coefficient (Wildman–Crippen LogP) is 3.76. The van der Waals surface area contributed by atoms with Gasteiger partial charge in [-0.2, -0.15) is 5.26 Å². The molecule has 1 heterocycles. The van der Waals surface area contributed by atoms with E-state index in [1.807, 2.05) is 37.3 Å². The minimum Gasteiger partial charge on any atom is -0.493 e. The number of hydrogen-bond acceptors (Lipinski definition) is 4. The molecule has 1 unspecified atom stereocenters. The minimum absolute atomic E-state index is 0.114. The van der Waals surface area contributed by atoms with Crippen LogP contribution in [0, 0.1) is 11.3 Å². The Hall–Kier alpha value is -2.74. The van der Waals surface area contributed by atoms with Crippen LogP contribution in [0.5, 0.6) is 11.5 Å². The molecule has 0 aromatic heterocycles. The molecule has 1 N–H and O–H groups in total. The van der Waals surface area contributed by atoms with E-state index in [1.165, 1.54) is 6.42 Å². The standard InChI is InChI=1S/C21H24N2O3/c1-14-16(11-15-7-6-10-19(25-2)20(15)26-14)12-17(13-22)21(24)23-18-8-4-3-5-9-18/h6-7,10-12,14,18H,3-5,8-9H2,1-2H3,(H,23,24). The molecular weight excluding hydrogens is 328 g/mol. The third-order valence-electron chi connectivity index (χ3n) is 4.93. The Morgan fingerprint density at radius 3 is 2.81 bits per heavy atom. The van der Waals surface area contributed by atoms with Crippen LogP contribution in [0.2, 0.25) is 0 Å². The van der Waals surface area contributed by atoms with E-state index in [-0.39, 0.29) is 23.6 Å². The first-order valence-electron chi connectivity index (χ1n) is 9.10. The van der Waals surface area contributed by atoms with Gasteiger partial charge in [0.2, 0.25) is 0 Å². The van der Waals surface area contributed by atoms with E-state index >= 15 is 0 Å². The van der Waals surface area contributed by atoms with Crippen LogP contribution in [0.1, 0.15) is 44.6 Å². The number of hydrogen-bond donors (Lipinski definition) is 1. The summed E-state index contributed by atoms with van der Waals surface area (Å²) < 4.78 is 11.3. The van der Waals surface area contributed by atoms with Gasteiger partial charge in [-0.05, 0) is 43.6 Å². The largest absolute Gasteiger partial charge is 0.493 e. The van der Waals surface area contributed by atoms with Gasteiger partial charge in [0.1, 0.15) is 17.7 Å². The van der Waals surface area contributed by atoms with E-state index < -0.39 is 0 Å². The van der Waals surface area contributed by atoms with Gasteiger partial charge in [-0.15, -0.1) is 0 Å². The first-order chi connectivity index (χ1) is 12.6. The van der Waals surface area contributed by atoms with Gasteiger partial charge in [0.05, 0.1) is 7.11 Å². The lowest BCUT2D eigenvalue weighted by Crippen LogP contribution is -2.37. The second-order valence-corrected chi connectivity index (χ2v) is 6.76. The smallest absolute Gasteiger partial charge is 0.262 e. The van der Waals surface area contributed by atoms with Gasteiger partial charge in [-0.3, -0.25) is 4.79 Å². The van der Waals surface area contributed by atoms with Gasteiger partial charge in [0, 0.05) is 11.6 Å². The van der Waals surface area contributed by atoms with Crippen LogP contribution in [0.3, 0.4) is 0 Å². The van der Waals surface area contributed by atoms with E-state index in [0.717, 1.165) is 36.8 Å². The van der Waals surface area contributed by atoms with E-state index in [2.05, 4.69) is 5.32 Å². The highest BCUT2D eigenvalue weighted by atomic mass is 16.5. The Morgan fingerprint density at radius 1 is 1.35 bits per heavy atom. The van der Waals surface area contributed by atoms with Crippen LogP contribution in [0.4, 0.5) is 0 Å². The molecule has 1 atom stereocenters. The summed E-state index contributed by atoms with van der Waals surface area (Å²) in [7, 11) is 1.60. The molecule has 1 aromatic carbocycles. The van der Waals surface area contributed by atoms with Crippen molar-refractivity contribution in [2.75, 3.05) is 7.11 Å². The fraction of sp³-hybridized carbons (Fsp3) is 0.429. The molecule has 1 aliphatic carbocycles. The van der Waals surface area contributed by atoms with Gasteiger partial charge in [0.15, 0.2) is 11.5 Å². The van der Waals surface area contributed by atoms with Crippen molar-refractivity contribution in [3.05, 3.63) is 41.0 Å². The maximum atomic E-state index is 12.5. The summed E-state index contributed by atoms with van der Waals surface area (Å²) in [5.74, 6) is 1.05. The van der Waals surface area contributed by atoms with Gasteiger partial charge in [-0.1, -0.05) is 31.4 Å². The van der Waals surface area contributed by atoms with Crippen LogP contribution in [0.25, 0.3) is 6.08 Å². The van der Waals surface area contributed by atoms with Crippen molar-refractivity contribution >= 4 is 12.0 Å². The molecular formula is C21H24N2O3. The number of carbonyl (C=O) groups excluding carboxylic acids is 1. The van der Waals surface area contributed by atoms with Crippen molar-refractivity contribution in [2.24, 2.45) is 0 Å². The first kappa shape index (κ1) is 18.1. The molecule has 26 heavy (non-hydrogen) atoms. The van der Waals surface area contributed by atoms with Crippen molar-refractivity contribution < 1.29 is 14.3 Å². The SMILES string of the molecule is COc1cccc2c1OC(C)C(C=C(C#N)C(=O)NC1CCCCC1)=C2. The molecule has 5 nitrogen and oxygen atoms in total. The molecule has 0 bridgehead atoms. The summed E-state index contributed by atoms with van der Waals surface area (Å²) in [6.07, 6.45) is 8.75. The number of fused-ring (bicyclic) bond motifs is 1. The highest BCUT2D eigenvalue weighted by Gasteiger charge is 2.23. The number of methoxy groups -OCH3 is 1. The lowest BCUT2D eigenvalue weighted by atomic mass is 9.95. The first-order valence-corrected chi connectivity index (χ1v) is 9.10. The number of benzene rings is 1. The summed E-state index contributed by atoms with van der Waals surface area (Å²) in [4.78, 5) is 12.5. The molecule has 0 saturated heterocycles. The average molecular weight is 352 g/mol. The van der Waals surface area contributed by atoms with Gasteiger partial charge >= 0.3 is 0 Å². The lowest BCUT2D eigenvalue weighted by Gasteiger charge is -2.25. The number of para-hydroxylation sites is 1. The highest BCUT2D eigenvalue weighted by molar-refractivity contribution is 5.98. The number of rotatable bonds is 4. The van der Waals surface area contributed by atoms with E-state index in [4.69, 9.17) is 9.47 Å². The fourth-order valence-corrected chi connectivity index (χ4v) is 3.46. The number of amides is 1. The third kappa shape index (κ3) is 3.91. The zero-order valence-electron chi connectivity index (χ0n) is 15.2. The van der Waals surface area contributed by atoms with Crippen LogP contribution in [-0.4, -0.2) is 25.2 Å². The highest BCUT2D eigenvalue weighted by Crippen LogP contribution is 2.38. The number of nitrogens with zero attached hydrogens (tertiary/aromatic N) is 1. The Labute approximate surface area is 154 Å². The van der Waals surface area contributed by atoms with Gasteiger partial charge in [0.25, 0.3) is 5.91 Å². The number of ether oxygens (including phenoxy) is 2. The molecule has 1 amide bonds. The molecule has 3 rings (SSSR count). The normalized spacial score (nSPS) is 20.3. The van der Waals surface area contributed by atoms with E-state index in [0.29, 0.717) is 11.5 Å². The Morgan fingerprint density at radius 2 is 2.12 bits per heavy atom. The molecule has 0 radical (unpaired) electrons. The molecule has 1 fully saturated rings. The summed E-state index contributed by atoms with van der Waals surface area (Å²) >= 11 is 0. The summed E-state index contributed by atoms with van der Waals surface area (Å²) in [6, 6.07) is 7.86. The van der Waals surface area contributed by atoms with Crippen molar-refractivity contribution in [2.45, 2.75) is 51.2 Å². The van der Waals surface area contributed by atoms with Gasteiger partial charge < -0.3 is 14.8 Å². The molecule has 1 aliphatic heterocycles. The maximum Gasteiger partial charge on any atom is 0.262 e. The molecule has 0 spiro atoms. The van der Waals surface area contributed by atoms with Crippen molar-refractivity contribution in [1.29, 1.82) is 5.26 Å². The zero-order chi connectivity index (χ0) is 18.5. The van der Waals surface area contributed by atoms with Crippen LogP contribution < -0.4 is 14.8 Å². The van der Waals surface area contributed by atoms with Crippen molar-refractivity contribution in [3.8, 4) is 17.6 Å². The average Bonchev–Trinajstić information content (AvgIpc) is 2.66. The van der Waals surface area contributed by atoms with Crippen LogP contribution >= 0.6 is 0 Å². The Balaban J connectivity index is 1.82. The van der Waals surface area contributed by atoms with Crippen LogP contribution in [0.15, 0.2) is 35.4 Å². The van der Waals surface area contributed by atoms with Crippen molar-refractivity contribution in [1.82, 2.24) is 5.32 Å². The fourth-order valence-electron chi connectivity index (χ4n) is 3.46. The molecule has 2 aliphatic rings. The number of carbonyl (C=O) groups is 1. The summed E-state index contributed by atoms with van der Waals surface area (Å²) in [6.45, 7) is 1.89. The molecule has 1 aromatic rings.